The lowest BCUT2D eigenvalue weighted by Gasteiger charge is -2.26. The van der Waals surface area contributed by atoms with Crippen molar-refractivity contribution >= 4 is 6.09 Å². The predicted octanol–water partition coefficient (Wildman–Crippen LogP) is 3.18. The number of nitrogens with one attached hydrogen (secondary N) is 1. The van der Waals surface area contributed by atoms with Gasteiger partial charge in [0.05, 0.1) is 5.60 Å². The molecule has 0 aromatic heterocycles. The van der Waals surface area contributed by atoms with E-state index in [0.29, 0.717) is 6.04 Å². The molecule has 1 atom stereocenters. The number of hydrogen-bond donors (Lipinski definition) is 1. The van der Waals surface area contributed by atoms with E-state index in [1.54, 1.807) is 7.11 Å². The number of carbonyl (C=O) groups excluding carboxylic acids is 1. The van der Waals surface area contributed by atoms with Gasteiger partial charge >= 0.3 is 6.09 Å². The Hall–Kier alpha value is -0.810. The summed E-state index contributed by atoms with van der Waals surface area (Å²) < 4.78 is 10.9. The molecule has 5 heteroatoms. The first-order valence-electron chi connectivity index (χ1n) is 8.39. The Bertz CT molecular complexity index is 350. The van der Waals surface area contributed by atoms with Crippen LogP contribution in [0.2, 0.25) is 0 Å². The Labute approximate surface area is 135 Å². The van der Waals surface area contributed by atoms with Gasteiger partial charge in [0.25, 0.3) is 0 Å². The Balaban J connectivity index is 2.35. The highest BCUT2D eigenvalue weighted by atomic mass is 16.6. The molecule has 0 aromatic rings. The second kappa shape index (κ2) is 8.16. The summed E-state index contributed by atoms with van der Waals surface area (Å²) in [5.41, 5.74) is -0.507. The number of methoxy groups -OCH3 is 1. The second-order valence-corrected chi connectivity index (χ2v) is 7.76. The van der Waals surface area contributed by atoms with Crippen molar-refractivity contribution in [3.05, 3.63) is 0 Å². The zero-order valence-corrected chi connectivity index (χ0v) is 15.2. The standard InChI is InChI=1S/C17H34N2O3/c1-16(2,3)22-15(20)19-12-7-8-14(9-13-19)18-11-10-17(4,5)21-6/h14,18H,7-13H2,1-6H3. The highest BCUT2D eigenvalue weighted by molar-refractivity contribution is 5.68. The molecule has 1 aliphatic heterocycles. The highest BCUT2D eigenvalue weighted by Crippen LogP contribution is 2.16. The Morgan fingerprint density at radius 3 is 2.45 bits per heavy atom. The van der Waals surface area contributed by atoms with Crippen LogP contribution in [0.4, 0.5) is 4.79 Å². The van der Waals surface area contributed by atoms with Gasteiger partial charge in [0.2, 0.25) is 0 Å². The van der Waals surface area contributed by atoms with Gasteiger partial charge in [-0.2, -0.15) is 0 Å². The summed E-state index contributed by atoms with van der Waals surface area (Å²) >= 11 is 0. The van der Waals surface area contributed by atoms with Gasteiger partial charge in [-0.3, -0.25) is 0 Å². The fourth-order valence-corrected chi connectivity index (χ4v) is 2.49. The summed E-state index contributed by atoms with van der Waals surface area (Å²) in [6.07, 6.45) is 3.90. The van der Waals surface area contributed by atoms with Gasteiger partial charge in [-0.25, -0.2) is 4.79 Å². The van der Waals surface area contributed by atoms with Crippen molar-refractivity contribution in [3.63, 3.8) is 0 Å². The Kier molecular flexibility index (Phi) is 7.13. The first kappa shape index (κ1) is 19.2. The normalized spacial score (nSPS) is 20.6. The minimum absolute atomic E-state index is 0.0831. The van der Waals surface area contributed by atoms with Crippen molar-refractivity contribution in [2.75, 3.05) is 26.7 Å². The van der Waals surface area contributed by atoms with E-state index in [9.17, 15) is 4.79 Å². The van der Waals surface area contributed by atoms with E-state index >= 15 is 0 Å². The van der Waals surface area contributed by atoms with Crippen LogP contribution < -0.4 is 5.32 Å². The van der Waals surface area contributed by atoms with Crippen LogP contribution in [0.25, 0.3) is 0 Å². The average Bonchev–Trinajstić information content (AvgIpc) is 2.62. The summed E-state index contributed by atoms with van der Waals surface area (Å²) in [7, 11) is 1.75. The lowest BCUT2D eigenvalue weighted by molar-refractivity contribution is 0.0152. The largest absolute Gasteiger partial charge is 0.444 e. The van der Waals surface area contributed by atoms with Crippen LogP contribution >= 0.6 is 0 Å². The van der Waals surface area contributed by atoms with Gasteiger partial charge in [-0.15, -0.1) is 0 Å². The molecule has 1 unspecified atom stereocenters. The van der Waals surface area contributed by atoms with Crippen LogP contribution in [0.15, 0.2) is 0 Å². The smallest absolute Gasteiger partial charge is 0.410 e. The Morgan fingerprint density at radius 2 is 1.86 bits per heavy atom. The van der Waals surface area contributed by atoms with Crippen molar-refractivity contribution in [1.82, 2.24) is 10.2 Å². The number of rotatable bonds is 5. The first-order chi connectivity index (χ1) is 10.1. The highest BCUT2D eigenvalue weighted by Gasteiger charge is 2.25. The van der Waals surface area contributed by atoms with Crippen molar-refractivity contribution in [3.8, 4) is 0 Å². The van der Waals surface area contributed by atoms with E-state index in [1.165, 1.54) is 0 Å². The van der Waals surface area contributed by atoms with Crippen LogP contribution in [-0.4, -0.2) is 55.0 Å². The van der Waals surface area contributed by atoms with Crippen LogP contribution in [0, 0.1) is 0 Å². The van der Waals surface area contributed by atoms with Crippen LogP contribution in [0.3, 0.4) is 0 Å². The maximum absolute atomic E-state index is 12.1. The zero-order valence-electron chi connectivity index (χ0n) is 15.2. The molecule has 5 nitrogen and oxygen atoms in total. The fraction of sp³-hybridized carbons (Fsp3) is 0.941. The van der Waals surface area contributed by atoms with Crippen molar-refractivity contribution < 1.29 is 14.3 Å². The molecule has 1 rings (SSSR count). The third-order valence-corrected chi connectivity index (χ3v) is 4.09. The lowest BCUT2D eigenvalue weighted by atomic mass is 10.0. The molecular weight excluding hydrogens is 280 g/mol. The molecule has 130 valence electrons. The molecule has 1 N–H and O–H groups in total. The molecule has 1 amide bonds. The SMILES string of the molecule is COC(C)(C)CCNC1CCCN(C(=O)OC(C)(C)C)CC1. The van der Waals surface area contributed by atoms with E-state index in [1.807, 2.05) is 25.7 Å². The summed E-state index contributed by atoms with van der Waals surface area (Å²) in [5, 5.41) is 3.60. The molecule has 0 saturated carbocycles. The molecule has 0 bridgehead atoms. The van der Waals surface area contributed by atoms with Crippen molar-refractivity contribution in [1.29, 1.82) is 0 Å². The predicted molar refractivity (Wildman–Crippen MR) is 89.2 cm³/mol. The quantitative estimate of drug-likeness (QED) is 0.847. The summed E-state index contributed by atoms with van der Waals surface area (Å²) in [6.45, 7) is 12.4. The van der Waals surface area contributed by atoms with Crippen LogP contribution in [0.5, 0.6) is 0 Å². The number of ether oxygens (including phenoxy) is 2. The number of carbonyl (C=O) groups is 1. The van der Waals surface area contributed by atoms with E-state index in [2.05, 4.69) is 19.2 Å². The minimum atomic E-state index is -0.424. The van der Waals surface area contributed by atoms with Gasteiger partial charge < -0.3 is 19.7 Å². The number of nitrogens with zero attached hydrogens (tertiary/aromatic N) is 1. The molecule has 0 radical (unpaired) electrons. The number of likely N-dealkylation sites (tertiary alicyclic amines) is 1. The van der Waals surface area contributed by atoms with Gasteiger partial charge in [-0.05, 0) is 66.8 Å². The van der Waals surface area contributed by atoms with Crippen LogP contribution in [-0.2, 0) is 9.47 Å². The molecular formula is C17H34N2O3. The monoisotopic (exact) mass is 314 g/mol. The maximum Gasteiger partial charge on any atom is 0.410 e. The molecule has 22 heavy (non-hydrogen) atoms. The number of amides is 1. The molecule has 0 aromatic carbocycles. The maximum atomic E-state index is 12.1. The third kappa shape index (κ3) is 7.45. The van der Waals surface area contributed by atoms with E-state index < -0.39 is 5.60 Å². The topological polar surface area (TPSA) is 50.8 Å². The first-order valence-corrected chi connectivity index (χ1v) is 8.39. The Morgan fingerprint density at radius 1 is 1.18 bits per heavy atom. The lowest BCUT2D eigenvalue weighted by Crippen LogP contribution is -2.38. The molecule has 1 aliphatic rings. The molecule has 1 heterocycles. The van der Waals surface area contributed by atoms with E-state index in [4.69, 9.17) is 9.47 Å². The van der Waals surface area contributed by atoms with Crippen molar-refractivity contribution in [2.45, 2.75) is 77.5 Å². The van der Waals surface area contributed by atoms with E-state index in [-0.39, 0.29) is 11.7 Å². The van der Waals surface area contributed by atoms with E-state index in [0.717, 1.165) is 45.3 Å². The summed E-state index contributed by atoms with van der Waals surface area (Å²) in [6, 6.07) is 0.472. The van der Waals surface area contributed by atoms with Crippen LogP contribution in [0.1, 0.15) is 60.3 Å². The summed E-state index contributed by atoms with van der Waals surface area (Å²) in [4.78, 5) is 14.0. The van der Waals surface area contributed by atoms with Crippen molar-refractivity contribution in [2.24, 2.45) is 0 Å². The second-order valence-electron chi connectivity index (χ2n) is 7.76. The molecule has 1 fully saturated rings. The molecule has 1 saturated heterocycles. The third-order valence-electron chi connectivity index (χ3n) is 4.09. The van der Waals surface area contributed by atoms with Gasteiger partial charge in [0, 0.05) is 26.2 Å². The fourth-order valence-electron chi connectivity index (χ4n) is 2.49. The van der Waals surface area contributed by atoms with Gasteiger partial charge in [0.15, 0.2) is 0 Å². The minimum Gasteiger partial charge on any atom is -0.444 e. The summed E-state index contributed by atoms with van der Waals surface area (Å²) in [5.74, 6) is 0. The van der Waals surface area contributed by atoms with Gasteiger partial charge in [0.1, 0.15) is 5.60 Å². The molecule has 0 spiro atoms. The average molecular weight is 314 g/mol. The zero-order chi connectivity index (χ0) is 16.8. The van der Waals surface area contributed by atoms with Gasteiger partial charge in [-0.1, -0.05) is 0 Å². The number of hydrogen-bond acceptors (Lipinski definition) is 4. The molecule has 0 aliphatic carbocycles.